The zero-order valence-electron chi connectivity index (χ0n) is 9.66. The molecule has 0 saturated heterocycles. The summed E-state index contributed by atoms with van der Waals surface area (Å²) in [5.74, 6) is 1.67. The van der Waals surface area contributed by atoms with Gasteiger partial charge in [-0.05, 0) is 23.8 Å². The lowest BCUT2D eigenvalue weighted by atomic mass is 9.93. The van der Waals surface area contributed by atoms with Gasteiger partial charge in [-0.3, -0.25) is 4.79 Å². The van der Waals surface area contributed by atoms with Crippen LogP contribution in [0.3, 0.4) is 0 Å². The molecule has 15 heavy (non-hydrogen) atoms. The Morgan fingerprint density at radius 2 is 1.93 bits per heavy atom. The number of carbonyl (C=O) groups is 1. The fourth-order valence-corrected chi connectivity index (χ4v) is 2.11. The molecule has 2 unspecified atom stereocenters. The summed E-state index contributed by atoms with van der Waals surface area (Å²) in [7, 11) is 0. The predicted molar refractivity (Wildman–Crippen MR) is 62.1 cm³/mol. The lowest BCUT2D eigenvalue weighted by Crippen LogP contribution is -2.07. The Morgan fingerprint density at radius 1 is 1.33 bits per heavy atom. The Hall–Kier alpha value is -1.11. The van der Waals surface area contributed by atoms with Crippen LogP contribution in [-0.4, -0.2) is 5.78 Å². The SMILES string of the molecule is CC(C)c1ccccc1C(=O)C1CC1C. The summed E-state index contributed by atoms with van der Waals surface area (Å²) >= 11 is 0. The Labute approximate surface area is 91.5 Å². The third-order valence-corrected chi connectivity index (χ3v) is 3.29. The van der Waals surface area contributed by atoms with E-state index >= 15 is 0 Å². The van der Waals surface area contributed by atoms with Crippen LogP contribution in [0, 0.1) is 11.8 Å². The highest BCUT2D eigenvalue weighted by molar-refractivity contribution is 6.01. The highest BCUT2D eigenvalue weighted by Crippen LogP contribution is 2.41. The van der Waals surface area contributed by atoms with Crippen LogP contribution in [0.5, 0.6) is 0 Å². The predicted octanol–water partition coefficient (Wildman–Crippen LogP) is 3.65. The number of carbonyl (C=O) groups excluding carboxylic acids is 1. The molecule has 1 aromatic carbocycles. The number of rotatable bonds is 3. The number of ketones is 1. The van der Waals surface area contributed by atoms with Crippen molar-refractivity contribution in [2.24, 2.45) is 11.8 Å². The molecule has 0 N–H and O–H groups in total. The van der Waals surface area contributed by atoms with Crippen molar-refractivity contribution < 1.29 is 4.79 Å². The van der Waals surface area contributed by atoms with E-state index in [1.807, 2.05) is 18.2 Å². The number of Topliss-reactive ketones (excluding diaryl/α,β-unsaturated/α-hetero) is 1. The van der Waals surface area contributed by atoms with E-state index in [0.29, 0.717) is 23.5 Å². The van der Waals surface area contributed by atoms with Crippen molar-refractivity contribution in [3.05, 3.63) is 35.4 Å². The van der Waals surface area contributed by atoms with Crippen molar-refractivity contribution in [1.82, 2.24) is 0 Å². The maximum Gasteiger partial charge on any atom is 0.166 e. The summed E-state index contributed by atoms with van der Waals surface area (Å²) < 4.78 is 0. The maximum absolute atomic E-state index is 12.1. The molecule has 1 aliphatic rings. The van der Waals surface area contributed by atoms with Gasteiger partial charge < -0.3 is 0 Å². The first-order chi connectivity index (χ1) is 7.11. The standard InChI is InChI=1S/C14H18O/c1-9(2)11-6-4-5-7-12(11)14(15)13-8-10(13)3/h4-7,9-10,13H,8H2,1-3H3. The zero-order chi connectivity index (χ0) is 11.0. The van der Waals surface area contributed by atoms with E-state index in [4.69, 9.17) is 0 Å². The molecule has 1 fully saturated rings. The third kappa shape index (κ3) is 1.97. The highest BCUT2D eigenvalue weighted by atomic mass is 16.1. The van der Waals surface area contributed by atoms with Crippen LogP contribution in [-0.2, 0) is 0 Å². The molecule has 1 heteroatoms. The van der Waals surface area contributed by atoms with E-state index in [-0.39, 0.29) is 0 Å². The Balaban J connectivity index is 2.31. The van der Waals surface area contributed by atoms with Gasteiger partial charge in [0.1, 0.15) is 0 Å². The largest absolute Gasteiger partial charge is 0.294 e. The second kappa shape index (κ2) is 3.80. The van der Waals surface area contributed by atoms with E-state index < -0.39 is 0 Å². The second-order valence-electron chi connectivity index (χ2n) is 4.93. The molecule has 1 aliphatic carbocycles. The number of hydrogen-bond donors (Lipinski definition) is 0. The molecule has 0 radical (unpaired) electrons. The highest BCUT2D eigenvalue weighted by Gasteiger charge is 2.39. The average Bonchev–Trinajstić information content (AvgIpc) is 2.94. The second-order valence-corrected chi connectivity index (χ2v) is 4.93. The van der Waals surface area contributed by atoms with E-state index in [2.05, 4.69) is 26.8 Å². The first-order valence-corrected chi connectivity index (χ1v) is 5.74. The minimum absolute atomic E-state index is 0.296. The van der Waals surface area contributed by atoms with Gasteiger partial charge in [-0.25, -0.2) is 0 Å². The summed E-state index contributed by atoms with van der Waals surface area (Å²) in [5, 5.41) is 0. The van der Waals surface area contributed by atoms with Crippen LogP contribution in [0.25, 0.3) is 0 Å². The van der Waals surface area contributed by atoms with Crippen molar-refractivity contribution >= 4 is 5.78 Å². The smallest absolute Gasteiger partial charge is 0.166 e. The molecular formula is C14H18O. The van der Waals surface area contributed by atoms with Crippen molar-refractivity contribution in [1.29, 1.82) is 0 Å². The minimum atomic E-state index is 0.296. The van der Waals surface area contributed by atoms with Crippen LogP contribution in [0.4, 0.5) is 0 Å². The molecule has 0 aromatic heterocycles. The topological polar surface area (TPSA) is 17.1 Å². The van der Waals surface area contributed by atoms with Gasteiger partial charge in [0.05, 0.1) is 0 Å². The molecule has 2 rings (SSSR count). The molecular weight excluding hydrogens is 184 g/mol. The first-order valence-electron chi connectivity index (χ1n) is 5.74. The first kappa shape index (κ1) is 10.4. The summed E-state index contributed by atoms with van der Waals surface area (Å²) in [4.78, 5) is 12.1. The van der Waals surface area contributed by atoms with E-state index in [1.54, 1.807) is 0 Å². The van der Waals surface area contributed by atoms with Crippen LogP contribution in [0.1, 0.15) is 49.0 Å². The molecule has 80 valence electrons. The minimum Gasteiger partial charge on any atom is -0.294 e. The van der Waals surface area contributed by atoms with Crippen LogP contribution in [0.2, 0.25) is 0 Å². The van der Waals surface area contributed by atoms with Gasteiger partial charge in [0.15, 0.2) is 5.78 Å². The summed E-state index contributed by atoms with van der Waals surface area (Å²) in [5.41, 5.74) is 2.14. The van der Waals surface area contributed by atoms with E-state index in [0.717, 1.165) is 12.0 Å². The number of benzene rings is 1. The fourth-order valence-electron chi connectivity index (χ4n) is 2.11. The maximum atomic E-state index is 12.1. The average molecular weight is 202 g/mol. The Bertz CT molecular complexity index is 379. The van der Waals surface area contributed by atoms with Gasteiger partial charge in [-0.15, -0.1) is 0 Å². The molecule has 0 heterocycles. The molecule has 0 aliphatic heterocycles. The van der Waals surface area contributed by atoms with Gasteiger partial charge in [0.2, 0.25) is 0 Å². The number of hydrogen-bond acceptors (Lipinski definition) is 1. The molecule has 0 bridgehead atoms. The summed E-state index contributed by atoms with van der Waals surface area (Å²) in [6.07, 6.45) is 1.07. The van der Waals surface area contributed by atoms with Crippen molar-refractivity contribution in [3.63, 3.8) is 0 Å². The molecule has 0 amide bonds. The summed E-state index contributed by atoms with van der Waals surface area (Å²) in [6, 6.07) is 8.03. The summed E-state index contributed by atoms with van der Waals surface area (Å²) in [6.45, 7) is 6.44. The Morgan fingerprint density at radius 3 is 2.47 bits per heavy atom. The lowest BCUT2D eigenvalue weighted by molar-refractivity contribution is 0.0961. The Kier molecular flexibility index (Phi) is 2.64. The van der Waals surface area contributed by atoms with Crippen molar-refractivity contribution in [2.75, 3.05) is 0 Å². The quantitative estimate of drug-likeness (QED) is 0.684. The van der Waals surface area contributed by atoms with Gasteiger partial charge in [-0.2, -0.15) is 0 Å². The van der Waals surface area contributed by atoms with Crippen LogP contribution in [0.15, 0.2) is 24.3 Å². The normalized spacial score (nSPS) is 24.3. The molecule has 0 spiro atoms. The van der Waals surface area contributed by atoms with Gasteiger partial charge in [0, 0.05) is 11.5 Å². The van der Waals surface area contributed by atoms with Gasteiger partial charge in [0.25, 0.3) is 0 Å². The van der Waals surface area contributed by atoms with E-state index in [9.17, 15) is 4.79 Å². The zero-order valence-corrected chi connectivity index (χ0v) is 9.66. The van der Waals surface area contributed by atoms with Crippen molar-refractivity contribution in [2.45, 2.75) is 33.1 Å². The fraction of sp³-hybridized carbons (Fsp3) is 0.500. The van der Waals surface area contributed by atoms with Gasteiger partial charge in [-0.1, -0.05) is 45.0 Å². The monoisotopic (exact) mass is 202 g/mol. The van der Waals surface area contributed by atoms with Crippen LogP contribution < -0.4 is 0 Å². The van der Waals surface area contributed by atoms with E-state index in [1.165, 1.54) is 5.56 Å². The van der Waals surface area contributed by atoms with Crippen molar-refractivity contribution in [3.8, 4) is 0 Å². The molecule has 1 aromatic rings. The molecule has 2 atom stereocenters. The van der Waals surface area contributed by atoms with Crippen LogP contribution >= 0.6 is 0 Å². The lowest BCUT2D eigenvalue weighted by Gasteiger charge is -2.11. The third-order valence-electron chi connectivity index (χ3n) is 3.29. The molecule has 1 saturated carbocycles. The van der Waals surface area contributed by atoms with Gasteiger partial charge >= 0.3 is 0 Å². The molecule has 1 nitrogen and oxygen atoms in total.